The van der Waals surface area contributed by atoms with Crippen molar-refractivity contribution in [3.05, 3.63) is 0 Å². The van der Waals surface area contributed by atoms with Gasteiger partial charge in [0.15, 0.2) is 0 Å². The molecule has 0 aliphatic heterocycles. The summed E-state index contributed by atoms with van der Waals surface area (Å²) >= 11 is 0. The Bertz CT molecular complexity index is 214. The van der Waals surface area contributed by atoms with Gasteiger partial charge in [0.1, 0.15) is 0 Å². The standard InChI is InChI=1S/C11H23N3O/c1-8(14(3)4)7-12-9(2)11(15)13-10-5-6-10/h8-10,12H,5-7H2,1-4H3,(H,13,15). The minimum atomic E-state index is -0.0898. The van der Waals surface area contributed by atoms with Crippen molar-refractivity contribution in [3.8, 4) is 0 Å². The van der Waals surface area contributed by atoms with Gasteiger partial charge in [-0.3, -0.25) is 4.79 Å². The molecule has 2 atom stereocenters. The van der Waals surface area contributed by atoms with E-state index < -0.39 is 0 Å². The maximum Gasteiger partial charge on any atom is 0.237 e. The predicted molar refractivity (Wildman–Crippen MR) is 61.8 cm³/mol. The number of rotatable bonds is 6. The van der Waals surface area contributed by atoms with E-state index in [2.05, 4.69) is 22.5 Å². The van der Waals surface area contributed by atoms with Crippen LogP contribution in [0.5, 0.6) is 0 Å². The Labute approximate surface area is 92.4 Å². The van der Waals surface area contributed by atoms with Crippen LogP contribution >= 0.6 is 0 Å². The molecule has 88 valence electrons. The van der Waals surface area contributed by atoms with Crippen LogP contribution in [0.15, 0.2) is 0 Å². The Morgan fingerprint density at radius 2 is 2.00 bits per heavy atom. The molecule has 1 aliphatic rings. The smallest absolute Gasteiger partial charge is 0.237 e. The number of hydrogen-bond acceptors (Lipinski definition) is 3. The van der Waals surface area contributed by atoms with Crippen LogP contribution in [0.3, 0.4) is 0 Å². The van der Waals surface area contributed by atoms with Crippen molar-refractivity contribution in [1.82, 2.24) is 15.5 Å². The van der Waals surface area contributed by atoms with Gasteiger partial charge in [-0.05, 0) is 40.8 Å². The first-order valence-corrected chi connectivity index (χ1v) is 5.71. The quantitative estimate of drug-likeness (QED) is 0.662. The Hall–Kier alpha value is -0.610. The number of carbonyl (C=O) groups excluding carboxylic acids is 1. The lowest BCUT2D eigenvalue weighted by Gasteiger charge is -2.22. The highest BCUT2D eigenvalue weighted by Crippen LogP contribution is 2.18. The fourth-order valence-electron chi connectivity index (χ4n) is 1.18. The van der Waals surface area contributed by atoms with Gasteiger partial charge >= 0.3 is 0 Å². The van der Waals surface area contributed by atoms with Crippen molar-refractivity contribution < 1.29 is 4.79 Å². The van der Waals surface area contributed by atoms with E-state index >= 15 is 0 Å². The van der Waals surface area contributed by atoms with Gasteiger partial charge in [-0.25, -0.2) is 0 Å². The van der Waals surface area contributed by atoms with Crippen LogP contribution in [0.25, 0.3) is 0 Å². The lowest BCUT2D eigenvalue weighted by atomic mass is 10.2. The van der Waals surface area contributed by atoms with Gasteiger partial charge in [-0.15, -0.1) is 0 Å². The highest BCUT2D eigenvalue weighted by Gasteiger charge is 2.25. The van der Waals surface area contributed by atoms with Gasteiger partial charge < -0.3 is 15.5 Å². The molecule has 2 N–H and O–H groups in total. The average Bonchev–Trinajstić information content (AvgIpc) is 2.96. The Kier molecular flexibility index (Phi) is 4.54. The van der Waals surface area contributed by atoms with Gasteiger partial charge in [-0.2, -0.15) is 0 Å². The normalized spacial score (nSPS) is 20.1. The van der Waals surface area contributed by atoms with E-state index in [-0.39, 0.29) is 11.9 Å². The molecule has 0 spiro atoms. The van der Waals surface area contributed by atoms with Crippen molar-refractivity contribution in [2.45, 2.75) is 44.8 Å². The Balaban J connectivity index is 2.16. The lowest BCUT2D eigenvalue weighted by Crippen LogP contribution is -2.47. The molecule has 1 amide bonds. The van der Waals surface area contributed by atoms with Crippen molar-refractivity contribution in [1.29, 1.82) is 0 Å². The van der Waals surface area contributed by atoms with Gasteiger partial charge in [-0.1, -0.05) is 0 Å². The summed E-state index contributed by atoms with van der Waals surface area (Å²) in [5, 5.41) is 6.23. The van der Waals surface area contributed by atoms with Gasteiger partial charge in [0.2, 0.25) is 5.91 Å². The van der Waals surface area contributed by atoms with E-state index in [1.807, 2.05) is 21.0 Å². The third-order valence-corrected chi connectivity index (χ3v) is 2.92. The molecule has 4 nitrogen and oxygen atoms in total. The predicted octanol–water partition coefficient (Wildman–Crippen LogP) is 0.193. The summed E-state index contributed by atoms with van der Waals surface area (Å²) in [7, 11) is 4.09. The first-order valence-electron chi connectivity index (χ1n) is 5.71. The SMILES string of the molecule is CC(NCC(C)N(C)C)C(=O)NC1CC1. The van der Waals surface area contributed by atoms with E-state index in [4.69, 9.17) is 0 Å². The first-order chi connectivity index (χ1) is 7.00. The molecule has 1 aliphatic carbocycles. The fraction of sp³-hybridized carbons (Fsp3) is 0.909. The molecule has 15 heavy (non-hydrogen) atoms. The van der Waals surface area contributed by atoms with Crippen molar-refractivity contribution in [3.63, 3.8) is 0 Å². The number of amides is 1. The number of likely N-dealkylation sites (N-methyl/N-ethyl adjacent to an activating group) is 1. The minimum Gasteiger partial charge on any atom is -0.352 e. The van der Waals surface area contributed by atoms with Crippen molar-refractivity contribution in [2.75, 3.05) is 20.6 Å². The number of nitrogens with zero attached hydrogens (tertiary/aromatic N) is 1. The number of carbonyl (C=O) groups is 1. The van der Waals surface area contributed by atoms with Crippen LogP contribution < -0.4 is 10.6 Å². The molecule has 0 aromatic carbocycles. The zero-order valence-electron chi connectivity index (χ0n) is 10.2. The minimum absolute atomic E-state index is 0.0898. The second kappa shape index (κ2) is 5.47. The lowest BCUT2D eigenvalue weighted by molar-refractivity contribution is -0.122. The summed E-state index contributed by atoms with van der Waals surface area (Å²) in [6.07, 6.45) is 2.29. The molecule has 0 saturated heterocycles. The van der Waals surface area contributed by atoms with E-state index in [9.17, 15) is 4.79 Å². The molecule has 0 aromatic rings. The molecule has 1 fully saturated rings. The summed E-state index contributed by atoms with van der Waals surface area (Å²) in [5.74, 6) is 0.128. The largest absolute Gasteiger partial charge is 0.352 e. The van der Waals surface area contributed by atoms with E-state index in [0.717, 1.165) is 19.4 Å². The topological polar surface area (TPSA) is 44.4 Å². The zero-order valence-corrected chi connectivity index (χ0v) is 10.2. The van der Waals surface area contributed by atoms with Crippen LogP contribution in [0.4, 0.5) is 0 Å². The van der Waals surface area contributed by atoms with Gasteiger partial charge in [0.25, 0.3) is 0 Å². The summed E-state index contributed by atoms with van der Waals surface area (Å²) in [6, 6.07) is 0.808. The van der Waals surface area contributed by atoms with Crippen LogP contribution in [-0.2, 0) is 4.79 Å². The molecule has 0 aromatic heterocycles. The van der Waals surface area contributed by atoms with Crippen LogP contribution in [0.1, 0.15) is 26.7 Å². The van der Waals surface area contributed by atoms with Gasteiger partial charge in [0, 0.05) is 18.6 Å². The summed E-state index contributed by atoms with van der Waals surface area (Å²) < 4.78 is 0. The summed E-state index contributed by atoms with van der Waals surface area (Å²) in [4.78, 5) is 13.7. The molecule has 0 radical (unpaired) electrons. The maximum absolute atomic E-state index is 11.6. The first kappa shape index (κ1) is 12.5. The zero-order chi connectivity index (χ0) is 11.4. The number of nitrogens with one attached hydrogen (secondary N) is 2. The average molecular weight is 213 g/mol. The summed E-state index contributed by atoms with van der Waals surface area (Å²) in [6.45, 7) is 4.89. The highest BCUT2D eigenvalue weighted by molar-refractivity contribution is 5.81. The molecular formula is C11H23N3O. The molecule has 0 bridgehead atoms. The van der Waals surface area contributed by atoms with E-state index in [1.54, 1.807) is 0 Å². The molecule has 1 saturated carbocycles. The van der Waals surface area contributed by atoms with Gasteiger partial charge in [0.05, 0.1) is 6.04 Å². The second-order valence-electron chi connectivity index (χ2n) is 4.73. The third-order valence-electron chi connectivity index (χ3n) is 2.92. The molecule has 2 unspecified atom stereocenters. The second-order valence-corrected chi connectivity index (χ2v) is 4.73. The Morgan fingerprint density at radius 3 is 2.47 bits per heavy atom. The van der Waals surface area contributed by atoms with E-state index in [1.165, 1.54) is 0 Å². The monoisotopic (exact) mass is 213 g/mol. The maximum atomic E-state index is 11.6. The van der Waals surface area contributed by atoms with Crippen LogP contribution in [-0.4, -0.2) is 49.6 Å². The van der Waals surface area contributed by atoms with Crippen LogP contribution in [0.2, 0.25) is 0 Å². The molecule has 0 heterocycles. The highest BCUT2D eigenvalue weighted by atomic mass is 16.2. The van der Waals surface area contributed by atoms with Crippen molar-refractivity contribution in [2.24, 2.45) is 0 Å². The molecule has 4 heteroatoms. The van der Waals surface area contributed by atoms with Crippen LogP contribution in [0, 0.1) is 0 Å². The molecular weight excluding hydrogens is 190 g/mol. The summed E-state index contributed by atoms with van der Waals surface area (Å²) in [5.41, 5.74) is 0. The Morgan fingerprint density at radius 1 is 1.40 bits per heavy atom. The number of hydrogen-bond donors (Lipinski definition) is 2. The fourth-order valence-corrected chi connectivity index (χ4v) is 1.18. The van der Waals surface area contributed by atoms with E-state index in [0.29, 0.717) is 12.1 Å². The van der Waals surface area contributed by atoms with Crippen molar-refractivity contribution >= 4 is 5.91 Å². The molecule has 1 rings (SSSR count). The third kappa shape index (κ3) is 4.62.